The van der Waals surface area contributed by atoms with Gasteiger partial charge in [0.2, 0.25) is 0 Å². The Morgan fingerprint density at radius 3 is 2.67 bits per heavy atom. The van der Waals surface area contributed by atoms with E-state index in [1.165, 1.54) is 4.68 Å². The molecular weight excluding hydrogens is 232 g/mol. The molecule has 1 heterocycles. The standard InChI is InChI=1S/C12H10N4O2/c13-4-6-1-2-7-5-16(15-8(7)3-6)10-9(14)11(17)12(10)18/h1-3,5H,4,13-14H2. The Hall–Kier alpha value is -2.47. The van der Waals surface area contributed by atoms with Crippen molar-refractivity contribution in [1.29, 1.82) is 0 Å². The Bertz CT molecular complexity index is 824. The first-order valence-corrected chi connectivity index (χ1v) is 5.39. The minimum Gasteiger partial charge on any atom is -0.394 e. The average Bonchev–Trinajstić information content (AvgIpc) is 2.80. The highest BCUT2D eigenvalue weighted by Crippen LogP contribution is 2.18. The van der Waals surface area contributed by atoms with Crippen LogP contribution in [-0.2, 0) is 6.54 Å². The molecule has 18 heavy (non-hydrogen) atoms. The van der Waals surface area contributed by atoms with E-state index in [0.717, 1.165) is 10.9 Å². The zero-order chi connectivity index (χ0) is 12.9. The average molecular weight is 242 g/mol. The fourth-order valence-electron chi connectivity index (χ4n) is 1.93. The SMILES string of the molecule is NCc1ccc2cn(-c3c(N)c(=O)c3=O)nc2c1. The molecule has 0 fully saturated rings. The summed E-state index contributed by atoms with van der Waals surface area (Å²) in [5.41, 5.74) is 11.6. The van der Waals surface area contributed by atoms with E-state index < -0.39 is 10.9 Å². The highest BCUT2D eigenvalue weighted by atomic mass is 16.2. The smallest absolute Gasteiger partial charge is 0.255 e. The van der Waals surface area contributed by atoms with Crippen LogP contribution in [0, 0.1) is 0 Å². The molecule has 0 saturated carbocycles. The maximum absolute atomic E-state index is 11.4. The van der Waals surface area contributed by atoms with E-state index in [1.54, 1.807) is 6.20 Å². The molecule has 2 aromatic carbocycles. The molecule has 3 aromatic rings. The number of hydrogen-bond acceptors (Lipinski definition) is 5. The van der Waals surface area contributed by atoms with Gasteiger partial charge in [-0.15, -0.1) is 0 Å². The van der Waals surface area contributed by atoms with Crippen LogP contribution >= 0.6 is 0 Å². The van der Waals surface area contributed by atoms with Crippen molar-refractivity contribution in [1.82, 2.24) is 9.78 Å². The molecule has 4 N–H and O–H groups in total. The summed E-state index contributed by atoms with van der Waals surface area (Å²) >= 11 is 0. The summed E-state index contributed by atoms with van der Waals surface area (Å²) in [6.45, 7) is 0.422. The molecule has 1 aromatic heterocycles. The van der Waals surface area contributed by atoms with Crippen molar-refractivity contribution in [3.8, 4) is 5.69 Å². The highest BCUT2D eigenvalue weighted by molar-refractivity contribution is 5.80. The molecule has 0 aliphatic rings. The Labute approximate surface area is 101 Å². The van der Waals surface area contributed by atoms with Crippen LogP contribution in [0.25, 0.3) is 16.6 Å². The van der Waals surface area contributed by atoms with E-state index >= 15 is 0 Å². The molecule has 6 heteroatoms. The van der Waals surface area contributed by atoms with Gasteiger partial charge < -0.3 is 11.5 Å². The van der Waals surface area contributed by atoms with E-state index in [4.69, 9.17) is 11.5 Å². The summed E-state index contributed by atoms with van der Waals surface area (Å²) in [6.07, 6.45) is 1.67. The topological polar surface area (TPSA) is 104 Å². The molecular formula is C12H10N4O2. The third-order valence-electron chi connectivity index (χ3n) is 2.96. The van der Waals surface area contributed by atoms with Crippen LogP contribution in [0.5, 0.6) is 0 Å². The largest absolute Gasteiger partial charge is 0.394 e. The molecule has 3 rings (SSSR count). The molecule has 6 nitrogen and oxygen atoms in total. The second-order valence-electron chi connectivity index (χ2n) is 4.09. The van der Waals surface area contributed by atoms with Gasteiger partial charge in [-0.05, 0) is 11.6 Å². The Balaban J connectivity index is 2.20. The third kappa shape index (κ3) is 1.29. The maximum atomic E-state index is 11.4. The molecule has 0 spiro atoms. The number of anilines is 1. The van der Waals surface area contributed by atoms with Gasteiger partial charge in [-0.2, -0.15) is 5.10 Å². The van der Waals surface area contributed by atoms with E-state index in [1.807, 2.05) is 18.2 Å². The van der Waals surface area contributed by atoms with Crippen LogP contribution in [0.1, 0.15) is 5.56 Å². The first-order valence-electron chi connectivity index (χ1n) is 5.39. The number of nitrogen functional groups attached to an aromatic ring is 1. The predicted molar refractivity (Wildman–Crippen MR) is 68.3 cm³/mol. The van der Waals surface area contributed by atoms with Crippen LogP contribution < -0.4 is 22.3 Å². The monoisotopic (exact) mass is 242 g/mol. The van der Waals surface area contributed by atoms with Crippen molar-refractivity contribution < 1.29 is 0 Å². The Morgan fingerprint density at radius 1 is 1.22 bits per heavy atom. The summed E-state index contributed by atoms with van der Waals surface area (Å²) in [6, 6.07) is 5.59. The van der Waals surface area contributed by atoms with Gasteiger partial charge in [0, 0.05) is 18.1 Å². The van der Waals surface area contributed by atoms with Gasteiger partial charge in [-0.25, -0.2) is 4.68 Å². The molecule has 0 saturated heterocycles. The number of hydrogen-bond donors (Lipinski definition) is 2. The summed E-state index contributed by atoms with van der Waals surface area (Å²) < 4.78 is 1.35. The van der Waals surface area contributed by atoms with Gasteiger partial charge in [0.1, 0.15) is 11.4 Å². The summed E-state index contributed by atoms with van der Waals surface area (Å²) in [7, 11) is 0. The highest BCUT2D eigenvalue weighted by Gasteiger charge is 2.20. The Morgan fingerprint density at radius 2 is 2.00 bits per heavy atom. The van der Waals surface area contributed by atoms with E-state index in [0.29, 0.717) is 12.1 Å². The summed E-state index contributed by atoms with van der Waals surface area (Å²) in [5.74, 6) is 0. The molecule has 0 unspecified atom stereocenters. The van der Waals surface area contributed by atoms with Gasteiger partial charge in [-0.1, -0.05) is 12.1 Å². The summed E-state index contributed by atoms with van der Waals surface area (Å²) in [5, 5.41) is 5.09. The third-order valence-corrected chi connectivity index (χ3v) is 2.96. The zero-order valence-corrected chi connectivity index (χ0v) is 9.38. The van der Waals surface area contributed by atoms with Crippen molar-refractivity contribution in [2.45, 2.75) is 6.54 Å². The van der Waals surface area contributed by atoms with Crippen LogP contribution in [0.3, 0.4) is 0 Å². The normalized spacial score (nSPS) is 11.4. The number of benzene rings is 1. The lowest BCUT2D eigenvalue weighted by atomic mass is 10.2. The zero-order valence-electron chi connectivity index (χ0n) is 9.38. The van der Waals surface area contributed by atoms with Crippen molar-refractivity contribution in [3.05, 3.63) is 50.4 Å². The van der Waals surface area contributed by atoms with E-state index in [-0.39, 0.29) is 11.4 Å². The fourth-order valence-corrected chi connectivity index (χ4v) is 1.93. The lowest BCUT2D eigenvalue weighted by molar-refractivity contribution is 0.879. The minimum atomic E-state index is -0.646. The predicted octanol–water partition coefficient (Wildman–Crippen LogP) is -0.338. The molecule has 0 aliphatic heterocycles. The van der Waals surface area contributed by atoms with Crippen molar-refractivity contribution >= 4 is 16.6 Å². The van der Waals surface area contributed by atoms with Crippen molar-refractivity contribution in [2.24, 2.45) is 5.73 Å². The number of aromatic nitrogens is 2. The van der Waals surface area contributed by atoms with Gasteiger partial charge >= 0.3 is 0 Å². The Kier molecular flexibility index (Phi) is 2.08. The lowest BCUT2D eigenvalue weighted by Gasteiger charge is -2.04. The fraction of sp³-hybridized carbons (Fsp3) is 0.0833. The van der Waals surface area contributed by atoms with Crippen molar-refractivity contribution in [3.63, 3.8) is 0 Å². The maximum Gasteiger partial charge on any atom is 0.255 e. The lowest BCUT2D eigenvalue weighted by Crippen LogP contribution is -2.38. The number of nitrogens with zero attached hydrogens (tertiary/aromatic N) is 2. The minimum absolute atomic E-state index is 0.0353. The van der Waals surface area contributed by atoms with E-state index in [9.17, 15) is 9.59 Å². The summed E-state index contributed by atoms with van der Waals surface area (Å²) in [4.78, 5) is 22.5. The van der Waals surface area contributed by atoms with Gasteiger partial charge in [0.15, 0.2) is 0 Å². The first kappa shape index (κ1) is 10.7. The van der Waals surface area contributed by atoms with Gasteiger partial charge in [0.25, 0.3) is 10.9 Å². The van der Waals surface area contributed by atoms with Gasteiger partial charge in [-0.3, -0.25) is 9.59 Å². The van der Waals surface area contributed by atoms with Crippen LogP contribution in [-0.4, -0.2) is 9.78 Å². The second kappa shape index (κ2) is 3.51. The van der Waals surface area contributed by atoms with Crippen LogP contribution in [0.15, 0.2) is 34.0 Å². The molecule has 0 amide bonds. The second-order valence-corrected chi connectivity index (χ2v) is 4.09. The molecule has 0 bridgehead atoms. The molecule has 0 atom stereocenters. The molecule has 90 valence electrons. The molecule has 0 aliphatic carbocycles. The number of fused-ring (bicyclic) bond motifs is 1. The quantitative estimate of drug-likeness (QED) is 0.598. The van der Waals surface area contributed by atoms with E-state index in [2.05, 4.69) is 5.10 Å². The van der Waals surface area contributed by atoms with Gasteiger partial charge in [0.05, 0.1) is 5.52 Å². The number of nitrogens with two attached hydrogens (primary N) is 2. The first-order chi connectivity index (χ1) is 8.61. The van der Waals surface area contributed by atoms with Crippen LogP contribution in [0.4, 0.5) is 5.69 Å². The number of rotatable bonds is 2. The molecule has 0 radical (unpaired) electrons. The van der Waals surface area contributed by atoms with Crippen LogP contribution in [0.2, 0.25) is 0 Å². The van der Waals surface area contributed by atoms with Crippen molar-refractivity contribution in [2.75, 3.05) is 5.73 Å².